The quantitative estimate of drug-likeness (QED) is 0.654. The highest BCUT2D eigenvalue weighted by molar-refractivity contribution is 7.89. The molecule has 1 saturated carbocycles. The van der Waals surface area contributed by atoms with Crippen LogP contribution >= 0.6 is 0 Å². The number of rotatable bonds is 8. The van der Waals surface area contributed by atoms with Crippen LogP contribution in [0.5, 0.6) is 0 Å². The van der Waals surface area contributed by atoms with Crippen molar-refractivity contribution in [3.8, 4) is 0 Å². The molecule has 0 bridgehead atoms. The molecule has 0 unspecified atom stereocenters. The molecule has 4 nitrogen and oxygen atoms in total. The van der Waals surface area contributed by atoms with Crippen molar-refractivity contribution in [2.24, 2.45) is 0 Å². The highest BCUT2D eigenvalue weighted by Gasteiger charge is 2.35. The molecule has 0 amide bonds. The van der Waals surface area contributed by atoms with E-state index in [1.165, 1.54) is 0 Å². The molecule has 0 aromatic carbocycles. The molecule has 0 aromatic rings. The van der Waals surface area contributed by atoms with Gasteiger partial charge in [0.2, 0.25) is 10.0 Å². The monoisotopic (exact) mass is 262 g/mol. The van der Waals surface area contributed by atoms with E-state index in [-0.39, 0.29) is 11.3 Å². The van der Waals surface area contributed by atoms with Crippen molar-refractivity contribution in [3.63, 3.8) is 0 Å². The number of nitrogens with one attached hydrogen (secondary N) is 2. The molecule has 102 valence electrons. The molecule has 1 rings (SSSR count). The second-order valence-electron chi connectivity index (χ2n) is 5.65. The average Bonchev–Trinajstić information content (AvgIpc) is 2.13. The number of hydrogen-bond acceptors (Lipinski definition) is 3. The molecule has 17 heavy (non-hydrogen) atoms. The summed E-state index contributed by atoms with van der Waals surface area (Å²) in [5.74, 6) is 0.252. The second kappa shape index (κ2) is 6.16. The Morgan fingerprint density at radius 1 is 1.24 bits per heavy atom. The minimum Gasteiger partial charge on any atom is -0.315 e. The molecule has 1 fully saturated rings. The number of sulfonamides is 1. The fourth-order valence-corrected chi connectivity index (χ4v) is 3.68. The van der Waals surface area contributed by atoms with Gasteiger partial charge in [0, 0.05) is 11.6 Å². The molecule has 1 aliphatic carbocycles. The van der Waals surface area contributed by atoms with Gasteiger partial charge in [-0.3, -0.25) is 0 Å². The summed E-state index contributed by atoms with van der Waals surface area (Å²) in [5, 5.41) is 3.29. The lowest BCUT2D eigenvalue weighted by Gasteiger charge is -2.38. The van der Waals surface area contributed by atoms with Gasteiger partial charge in [-0.25, -0.2) is 13.1 Å². The van der Waals surface area contributed by atoms with Crippen LogP contribution in [0.2, 0.25) is 0 Å². The Morgan fingerprint density at radius 2 is 1.88 bits per heavy atom. The van der Waals surface area contributed by atoms with E-state index >= 15 is 0 Å². The fourth-order valence-electron chi connectivity index (χ4n) is 2.04. The molecule has 0 spiro atoms. The second-order valence-corrected chi connectivity index (χ2v) is 7.49. The van der Waals surface area contributed by atoms with Gasteiger partial charge in [0.1, 0.15) is 0 Å². The van der Waals surface area contributed by atoms with Gasteiger partial charge in [-0.15, -0.1) is 0 Å². The molecular formula is C12H26N2O2S. The van der Waals surface area contributed by atoms with E-state index < -0.39 is 10.0 Å². The molecule has 0 aromatic heterocycles. The van der Waals surface area contributed by atoms with Gasteiger partial charge in [-0.1, -0.05) is 13.8 Å². The van der Waals surface area contributed by atoms with Crippen LogP contribution in [0.15, 0.2) is 0 Å². The van der Waals surface area contributed by atoms with Crippen LogP contribution in [0.1, 0.15) is 52.9 Å². The minimum absolute atomic E-state index is 0.158. The molecule has 5 heteroatoms. The molecule has 0 heterocycles. The SMILES string of the molecule is CC(C)NCCCCS(=O)(=O)NC1(C)CCC1. The Morgan fingerprint density at radius 3 is 2.35 bits per heavy atom. The summed E-state index contributed by atoms with van der Waals surface area (Å²) in [6, 6.07) is 0.471. The van der Waals surface area contributed by atoms with Crippen molar-refractivity contribution < 1.29 is 8.42 Å². The topological polar surface area (TPSA) is 58.2 Å². The zero-order valence-electron chi connectivity index (χ0n) is 11.3. The first-order chi connectivity index (χ1) is 7.83. The van der Waals surface area contributed by atoms with Gasteiger partial charge in [0.05, 0.1) is 5.75 Å². The lowest BCUT2D eigenvalue weighted by molar-refractivity contribution is 0.248. The summed E-state index contributed by atoms with van der Waals surface area (Å²) in [6.45, 7) is 7.07. The molecular weight excluding hydrogens is 236 g/mol. The maximum Gasteiger partial charge on any atom is 0.212 e. The molecule has 0 saturated heterocycles. The number of unbranched alkanes of at least 4 members (excludes halogenated alkanes) is 1. The van der Waals surface area contributed by atoms with Crippen molar-refractivity contribution in [1.82, 2.24) is 10.0 Å². The van der Waals surface area contributed by atoms with Crippen molar-refractivity contribution in [3.05, 3.63) is 0 Å². The smallest absolute Gasteiger partial charge is 0.212 e. The summed E-state index contributed by atoms with van der Waals surface area (Å²) in [7, 11) is -3.08. The van der Waals surface area contributed by atoms with Gasteiger partial charge in [0.25, 0.3) is 0 Å². The Kier molecular flexibility index (Phi) is 5.41. The highest BCUT2D eigenvalue weighted by Crippen LogP contribution is 2.31. The molecule has 1 aliphatic rings. The third-order valence-electron chi connectivity index (χ3n) is 3.25. The summed E-state index contributed by atoms with van der Waals surface area (Å²) in [6.07, 6.45) is 4.72. The van der Waals surface area contributed by atoms with Gasteiger partial charge in [-0.05, 0) is 45.6 Å². The van der Waals surface area contributed by atoms with E-state index in [1.54, 1.807) is 0 Å². The zero-order valence-corrected chi connectivity index (χ0v) is 12.1. The van der Waals surface area contributed by atoms with E-state index in [0.29, 0.717) is 6.04 Å². The summed E-state index contributed by atoms with van der Waals surface area (Å²) in [4.78, 5) is 0. The standard InChI is InChI=1S/C12H26N2O2S/c1-11(2)13-9-4-5-10-17(15,16)14-12(3)7-6-8-12/h11,13-14H,4-10H2,1-3H3. The summed E-state index contributed by atoms with van der Waals surface area (Å²) >= 11 is 0. The van der Waals surface area contributed by atoms with Gasteiger partial charge in [0.15, 0.2) is 0 Å². The Hall–Kier alpha value is -0.130. The average molecular weight is 262 g/mol. The fraction of sp³-hybridized carbons (Fsp3) is 1.00. The summed E-state index contributed by atoms with van der Waals surface area (Å²) in [5.41, 5.74) is -0.158. The first-order valence-electron chi connectivity index (χ1n) is 6.58. The lowest BCUT2D eigenvalue weighted by atomic mass is 9.80. The van der Waals surface area contributed by atoms with E-state index in [0.717, 1.165) is 38.6 Å². The van der Waals surface area contributed by atoms with Crippen LogP contribution in [-0.2, 0) is 10.0 Å². The van der Waals surface area contributed by atoms with Crippen molar-refractivity contribution >= 4 is 10.0 Å². The maximum atomic E-state index is 11.8. The minimum atomic E-state index is -3.08. The normalized spacial score (nSPS) is 19.3. The van der Waals surface area contributed by atoms with Crippen LogP contribution in [0, 0.1) is 0 Å². The number of hydrogen-bond donors (Lipinski definition) is 2. The van der Waals surface area contributed by atoms with E-state index in [2.05, 4.69) is 23.9 Å². The van der Waals surface area contributed by atoms with E-state index in [4.69, 9.17) is 0 Å². The van der Waals surface area contributed by atoms with Crippen LogP contribution in [0.25, 0.3) is 0 Å². The Labute approximate surface area is 106 Å². The van der Waals surface area contributed by atoms with Crippen molar-refractivity contribution in [2.45, 2.75) is 64.5 Å². The third kappa shape index (κ3) is 5.84. The predicted molar refractivity (Wildman–Crippen MR) is 71.6 cm³/mol. The van der Waals surface area contributed by atoms with E-state index in [9.17, 15) is 8.42 Å². The zero-order chi connectivity index (χ0) is 12.9. The van der Waals surface area contributed by atoms with Crippen molar-refractivity contribution in [2.75, 3.05) is 12.3 Å². The predicted octanol–water partition coefficient (Wildman–Crippen LogP) is 1.63. The van der Waals surface area contributed by atoms with Gasteiger partial charge < -0.3 is 5.32 Å². The van der Waals surface area contributed by atoms with Crippen LogP contribution in [0.3, 0.4) is 0 Å². The largest absolute Gasteiger partial charge is 0.315 e. The van der Waals surface area contributed by atoms with Crippen LogP contribution < -0.4 is 10.0 Å². The molecule has 2 N–H and O–H groups in total. The maximum absolute atomic E-state index is 11.8. The van der Waals surface area contributed by atoms with Gasteiger partial charge >= 0.3 is 0 Å². The highest BCUT2D eigenvalue weighted by atomic mass is 32.2. The third-order valence-corrected chi connectivity index (χ3v) is 4.88. The van der Waals surface area contributed by atoms with Gasteiger partial charge in [-0.2, -0.15) is 0 Å². The first kappa shape index (κ1) is 14.9. The van der Waals surface area contributed by atoms with Crippen LogP contribution in [-0.4, -0.2) is 32.3 Å². The van der Waals surface area contributed by atoms with Crippen molar-refractivity contribution in [1.29, 1.82) is 0 Å². The molecule has 0 atom stereocenters. The Bertz CT molecular complexity index is 321. The van der Waals surface area contributed by atoms with E-state index in [1.807, 2.05) is 6.92 Å². The summed E-state index contributed by atoms with van der Waals surface area (Å²) < 4.78 is 26.4. The lowest BCUT2D eigenvalue weighted by Crippen LogP contribution is -2.51. The first-order valence-corrected chi connectivity index (χ1v) is 8.23. The van der Waals surface area contributed by atoms with Crippen LogP contribution in [0.4, 0.5) is 0 Å². The molecule has 0 aliphatic heterocycles. The Balaban J connectivity index is 2.16. The molecule has 0 radical (unpaired) electrons.